The molecular formula is C21H18FNO3. The maximum Gasteiger partial charge on any atom is 0.265 e. The van der Waals surface area contributed by atoms with Crippen molar-refractivity contribution in [3.8, 4) is 17.2 Å². The van der Waals surface area contributed by atoms with Gasteiger partial charge in [0.2, 0.25) is 0 Å². The Balaban J connectivity index is 1.68. The summed E-state index contributed by atoms with van der Waals surface area (Å²) in [7, 11) is 0. The third-order valence-electron chi connectivity index (χ3n) is 3.61. The Labute approximate surface area is 151 Å². The average molecular weight is 351 g/mol. The second-order valence-corrected chi connectivity index (χ2v) is 5.61. The number of halogens is 1. The minimum atomic E-state index is -0.759. The first-order valence-electron chi connectivity index (χ1n) is 8.17. The Morgan fingerprint density at radius 2 is 1.54 bits per heavy atom. The smallest absolute Gasteiger partial charge is 0.265 e. The molecule has 0 heterocycles. The fourth-order valence-corrected chi connectivity index (χ4v) is 2.28. The van der Waals surface area contributed by atoms with E-state index >= 15 is 0 Å². The third kappa shape index (κ3) is 4.60. The first-order valence-corrected chi connectivity index (χ1v) is 8.17. The van der Waals surface area contributed by atoms with Crippen LogP contribution in [0.3, 0.4) is 0 Å². The molecule has 26 heavy (non-hydrogen) atoms. The molecule has 3 aromatic carbocycles. The Morgan fingerprint density at radius 1 is 0.885 bits per heavy atom. The van der Waals surface area contributed by atoms with Crippen LogP contribution >= 0.6 is 0 Å². The molecule has 0 aliphatic heterocycles. The summed E-state index contributed by atoms with van der Waals surface area (Å²) in [4.78, 5) is 12.4. The Morgan fingerprint density at radius 3 is 2.27 bits per heavy atom. The van der Waals surface area contributed by atoms with Crippen LogP contribution in [-0.4, -0.2) is 12.0 Å². The van der Waals surface area contributed by atoms with Gasteiger partial charge in [-0.3, -0.25) is 4.79 Å². The summed E-state index contributed by atoms with van der Waals surface area (Å²) in [6.45, 7) is 1.62. The van der Waals surface area contributed by atoms with Crippen LogP contribution in [0, 0.1) is 5.82 Å². The molecule has 1 N–H and O–H groups in total. The molecule has 0 saturated heterocycles. The van der Waals surface area contributed by atoms with Gasteiger partial charge in [0, 0.05) is 0 Å². The van der Waals surface area contributed by atoms with E-state index < -0.39 is 6.10 Å². The highest BCUT2D eigenvalue weighted by Crippen LogP contribution is 2.29. The van der Waals surface area contributed by atoms with Gasteiger partial charge >= 0.3 is 0 Å². The SMILES string of the molecule is CC(Oc1ccc(F)cc1)C(=O)Nc1ccccc1Oc1ccccc1. The Bertz CT molecular complexity index is 866. The Kier molecular flexibility index (Phi) is 5.49. The van der Waals surface area contributed by atoms with Gasteiger partial charge in [-0.2, -0.15) is 0 Å². The van der Waals surface area contributed by atoms with Gasteiger partial charge in [-0.1, -0.05) is 30.3 Å². The zero-order chi connectivity index (χ0) is 18.4. The van der Waals surface area contributed by atoms with E-state index in [9.17, 15) is 9.18 Å². The molecule has 0 saturated carbocycles. The van der Waals surface area contributed by atoms with Crippen LogP contribution < -0.4 is 14.8 Å². The van der Waals surface area contributed by atoms with Gasteiger partial charge in [-0.05, 0) is 55.5 Å². The molecule has 5 heteroatoms. The lowest BCUT2D eigenvalue weighted by molar-refractivity contribution is -0.122. The van der Waals surface area contributed by atoms with Gasteiger partial charge in [0.25, 0.3) is 5.91 Å². The van der Waals surface area contributed by atoms with Crippen molar-refractivity contribution in [1.82, 2.24) is 0 Å². The van der Waals surface area contributed by atoms with Crippen LogP contribution in [0.25, 0.3) is 0 Å². The van der Waals surface area contributed by atoms with Gasteiger partial charge in [0.1, 0.15) is 17.3 Å². The highest BCUT2D eigenvalue weighted by molar-refractivity contribution is 5.95. The van der Waals surface area contributed by atoms with Gasteiger partial charge in [0.15, 0.2) is 11.9 Å². The lowest BCUT2D eigenvalue weighted by atomic mass is 10.2. The summed E-state index contributed by atoms with van der Waals surface area (Å²) in [5.41, 5.74) is 0.538. The van der Waals surface area contributed by atoms with Gasteiger partial charge < -0.3 is 14.8 Å². The quantitative estimate of drug-likeness (QED) is 0.678. The first kappa shape index (κ1) is 17.5. The molecule has 1 unspecified atom stereocenters. The summed E-state index contributed by atoms with van der Waals surface area (Å²) in [5.74, 6) is 0.925. The number of amides is 1. The predicted octanol–water partition coefficient (Wildman–Crippen LogP) is 5.02. The minimum absolute atomic E-state index is 0.335. The molecule has 0 radical (unpaired) electrons. The molecule has 1 amide bonds. The second-order valence-electron chi connectivity index (χ2n) is 5.61. The number of anilines is 1. The summed E-state index contributed by atoms with van der Waals surface area (Å²) >= 11 is 0. The number of ether oxygens (including phenoxy) is 2. The number of carbonyl (C=O) groups is 1. The van der Waals surface area contributed by atoms with E-state index in [-0.39, 0.29) is 11.7 Å². The van der Waals surface area contributed by atoms with Crippen molar-refractivity contribution >= 4 is 11.6 Å². The first-order chi connectivity index (χ1) is 12.6. The standard InChI is InChI=1S/C21H18FNO3/c1-15(25-18-13-11-16(22)12-14-18)21(24)23-19-9-5-6-10-20(19)26-17-7-3-2-4-8-17/h2-15H,1H3,(H,23,24). The van der Waals surface area contributed by atoms with Crippen LogP contribution in [0.15, 0.2) is 78.9 Å². The van der Waals surface area contributed by atoms with E-state index in [4.69, 9.17) is 9.47 Å². The largest absolute Gasteiger partial charge is 0.481 e. The number of carbonyl (C=O) groups excluding carboxylic acids is 1. The van der Waals surface area contributed by atoms with Gasteiger partial charge in [-0.15, -0.1) is 0 Å². The Hall–Kier alpha value is -3.34. The molecule has 4 nitrogen and oxygen atoms in total. The van der Waals surface area contributed by atoms with Crippen molar-refractivity contribution in [2.45, 2.75) is 13.0 Å². The zero-order valence-corrected chi connectivity index (χ0v) is 14.2. The van der Waals surface area contributed by atoms with Crippen molar-refractivity contribution in [2.24, 2.45) is 0 Å². The number of hydrogen-bond acceptors (Lipinski definition) is 3. The third-order valence-corrected chi connectivity index (χ3v) is 3.61. The van der Waals surface area contributed by atoms with E-state index in [0.29, 0.717) is 22.9 Å². The van der Waals surface area contributed by atoms with Crippen molar-refractivity contribution < 1.29 is 18.7 Å². The van der Waals surface area contributed by atoms with Crippen molar-refractivity contribution in [3.63, 3.8) is 0 Å². The molecule has 0 aliphatic rings. The summed E-state index contributed by atoms with van der Waals surface area (Å²) in [6.07, 6.45) is -0.759. The number of rotatable bonds is 6. The number of para-hydroxylation sites is 3. The van der Waals surface area contributed by atoms with E-state index in [1.54, 1.807) is 25.1 Å². The molecule has 132 valence electrons. The predicted molar refractivity (Wildman–Crippen MR) is 98.1 cm³/mol. The lowest BCUT2D eigenvalue weighted by Crippen LogP contribution is -2.30. The monoisotopic (exact) mass is 351 g/mol. The van der Waals surface area contributed by atoms with E-state index in [2.05, 4.69) is 5.32 Å². The zero-order valence-electron chi connectivity index (χ0n) is 14.2. The maximum atomic E-state index is 12.9. The minimum Gasteiger partial charge on any atom is -0.481 e. The maximum absolute atomic E-state index is 12.9. The van der Waals surface area contributed by atoms with E-state index in [1.165, 1.54) is 24.3 Å². The fraction of sp³-hybridized carbons (Fsp3) is 0.0952. The summed E-state index contributed by atoms with van der Waals surface area (Å²) in [5, 5.41) is 2.80. The molecular weight excluding hydrogens is 333 g/mol. The van der Waals surface area contributed by atoms with Crippen molar-refractivity contribution in [3.05, 3.63) is 84.7 Å². The van der Waals surface area contributed by atoms with Crippen LogP contribution in [0.4, 0.5) is 10.1 Å². The second kappa shape index (κ2) is 8.16. The average Bonchev–Trinajstić information content (AvgIpc) is 2.66. The molecule has 3 rings (SSSR count). The summed E-state index contributed by atoms with van der Waals surface area (Å²) in [6, 6.07) is 22.0. The van der Waals surface area contributed by atoms with Crippen LogP contribution in [0.5, 0.6) is 17.2 Å². The molecule has 0 bridgehead atoms. The van der Waals surface area contributed by atoms with Gasteiger partial charge in [-0.25, -0.2) is 4.39 Å². The number of hydrogen-bond donors (Lipinski definition) is 1. The molecule has 3 aromatic rings. The molecule has 1 atom stereocenters. The van der Waals surface area contributed by atoms with Crippen molar-refractivity contribution in [2.75, 3.05) is 5.32 Å². The van der Waals surface area contributed by atoms with Crippen LogP contribution in [0.1, 0.15) is 6.92 Å². The number of nitrogens with one attached hydrogen (secondary N) is 1. The van der Waals surface area contributed by atoms with E-state index in [0.717, 1.165) is 0 Å². The topological polar surface area (TPSA) is 47.6 Å². The molecule has 0 aliphatic carbocycles. The molecule has 0 aromatic heterocycles. The number of benzene rings is 3. The molecule has 0 fully saturated rings. The normalized spacial score (nSPS) is 11.5. The van der Waals surface area contributed by atoms with E-state index in [1.807, 2.05) is 36.4 Å². The highest BCUT2D eigenvalue weighted by atomic mass is 19.1. The lowest BCUT2D eigenvalue weighted by Gasteiger charge is -2.16. The fourth-order valence-electron chi connectivity index (χ4n) is 2.28. The summed E-state index contributed by atoms with van der Waals surface area (Å²) < 4.78 is 24.3. The van der Waals surface area contributed by atoms with Crippen LogP contribution in [-0.2, 0) is 4.79 Å². The van der Waals surface area contributed by atoms with Gasteiger partial charge in [0.05, 0.1) is 5.69 Å². The van der Waals surface area contributed by atoms with Crippen molar-refractivity contribution in [1.29, 1.82) is 0 Å². The molecule has 0 spiro atoms. The highest BCUT2D eigenvalue weighted by Gasteiger charge is 2.17. The van der Waals surface area contributed by atoms with Crippen LogP contribution in [0.2, 0.25) is 0 Å².